The van der Waals surface area contributed by atoms with Gasteiger partial charge in [0.2, 0.25) is 0 Å². The summed E-state index contributed by atoms with van der Waals surface area (Å²) in [4.78, 5) is 1.77. The molecule has 0 unspecified atom stereocenters. The van der Waals surface area contributed by atoms with E-state index in [1.54, 1.807) is 0 Å². The Balaban J connectivity index is 2.19. The smallest absolute Gasteiger partial charge is 0.182 e. The van der Waals surface area contributed by atoms with Crippen molar-refractivity contribution in [2.75, 3.05) is 0 Å². The van der Waals surface area contributed by atoms with Crippen LogP contribution in [-0.4, -0.2) is 15.3 Å². The lowest BCUT2D eigenvalue weighted by Crippen LogP contribution is -2.38. The summed E-state index contributed by atoms with van der Waals surface area (Å²) in [6, 6.07) is 0. The van der Waals surface area contributed by atoms with E-state index < -0.39 is 5.60 Å². The Morgan fingerprint density at radius 1 is 1.33 bits per heavy atom. The van der Waals surface area contributed by atoms with Crippen molar-refractivity contribution in [2.24, 2.45) is 0 Å². The molecular weight excluding hydrogens is 244 g/mol. The summed E-state index contributed by atoms with van der Waals surface area (Å²) >= 11 is 1.53. The zero-order valence-corrected chi connectivity index (χ0v) is 12.4. The van der Waals surface area contributed by atoms with E-state index >= 15 is 0 Å². The Hall–Kier alpha value is -0.610. The summed E-state index contributed by atoms with van der Waals surface area (Å²) in [5.41, 5.74) is -0.504. The molecule has 0 atom stereocenters. The van der Waals surface area contributed by atoms with Crippen LogP contribution in [0.3, 0.4) is 0 Å². The van der Waals surface area contributed by atoms with Gasteiger partial charge in [-0.25, -0.2) is 0 Å². The van der Waals surface area contributed by atoms with Crippen LogP contribution in [-0.2, 0) is 12.0 Å². The fourth-order valence-corrected chi connectivity index (χ4v) is 3.47. The van der Waals surface area contributed by atoms with E-state index in [-0.39, 0.29) is 5.41 Å². The first-order chi connectivity index (χ1) is 8.30. The molecular formula is C14H24N2OS. The molecule has 0 bridgehead atoms. The lowest BCUT2D eigenvalue weighted by molar-refractivity contribution is -0.0122. The third-order valence-corrected chi connectivity index (χ3v) is 5.09. The summed E-state index contributed by atoms with van der Waals surface area (Å²) in [5.74, 6) is 0. The van der Waals surface area contributed by atoms with Gasteiger partial charge in [0, 0.05) is 11.1 Å². The summed E-state index contributed by atoms with van der Waals surface area (Å²) in [5, 5.41) is 18.6. The largest absolute Gasteiger partial charge is 0.388 e. The van der Waals surface area contributed by atoms with E-state index in [0.717, 1.165) is 25.7 Å². The summed E-state index contributed by atoms with van der Waals surface area (Å²) in [6.07, 6.45) is 7.26. The predicted octanol–water partition coefficient (Wildman–Crippen LogP) is 3.02. The molecule has 0 aromatic carbocycles. The number of nitrogens with zero attached hydrogens (tertiary/aromatic N) is 1. The Kier molecular flexibility index (Phi) is 3.70. The highest BCUT2D eigenvalue weighted by Crippen LogP contribution is 2.30. The Morgan fingerprint density at radius 2 is 1.94 bits per heavy atom. The minimum Gasteiger partial charge on any atom is -0.388 e. The molecule has 4 heteroatoms. The molecule has 2 N–H and O–H groups in total. The van der Waals surface area contributed by atoms with Crippen molar-refractivity contribution >= 4 is 11.3 Å². The number of thiazole rings is 1. The second kappa shape index (κ2) is 4.82. The van der Waals surface area contributed by atoms with Crippen molar-refractivity contribution in [1.82, 2.24) is 4.57 Å². The molecule has 1 heterocycles. The van der Waals surface area contributed by atoms with Gasteiger partial charge in [0.05, 0.1) is 12.1 Å². The van der Waals surface area contributed by atoms with Crippen molar-refractivity contribution in [3.8, 4) is 0 Å². The first kappa shape index (κ1) is 13.8. The number of hydrogen-bond acceptors (Lipinski definition) is 3. The lowest BCUT2D eigenvalue weighted by Gasteiger charge is -2.32. The van der Waals surface area contributed by atoms with Gasteiger partial charge in [-0.15, -0.1) is 11.3 Å². The molecule has 3 nitrogen and oxygen atoms in total. The van der Waals surface area contributed by atoms with Gasteiger partial charge in [-0.2, -0.15) is 0 Å². The van der Waals surface area contributed by atoms with Gasteiger partial charge >= 0.3 is 0 Å². The molecule has 1 aliphatic rings. The fourth-order valence-electron chi connectivity index (χ4n) is 2.54. The minimum atomic E-state index is -0.588. The van der Waals surface area contributed by atoms with Crippen molar-refractivity contribution in [3.63, 3.8) is 0 Å². The monoisotopic (exact) mass is 268 g/mol. The molecule has 1 aliphatic carbocycles. The van der Waals surface area contributed by atoms with Crippen LogP contribution in [0.25, 0.3) is 0 Å². The van der Waals surface area contributed by atoms with E-state index in [9.17, 15) is 5.11 Å². The highest BCUT2D eigenvalue weighted by Gasteiger charge is 2.30. The second-order valence-electron chi connectivity index (χ2n) is 6.56. The molecule has 102 valence electrons. The zero-order chi connectivity index (χ0) is 13.4. The predicted molar refractivity (Wildman–Crippen MR) is 74.9 cm³/mol. The highest BCUT2D eigenvalue weighted by atomic mass is 32.1. The summed E-state index contributed by atoms with van der Waals surface area (Å²) in [7, 11) is 0. The van der Waals surface area contributed by atoms with Crippen LogP contribution in [0.4, 0.5) is 0 Å². The van der Waals surface area contributed by atoms with Gasteiger partial charge in [-0.1, -0.05) is 40.0 Å². The molecule has 0 amide bonds. The Labute approximate surface area is 113 Å². The molecule has 1 aromatic heterocycles. The Morgan fingerprint density at radius 3 is 2.44 bits per heavy atom. The molecule has 1 saturated carbocycles. The lowest BCUT2D eigenvalue weighted by atomic mass is 9.85. The first-order valence-corrected chi connectivity index (χ1v) is 7.60. The number of rotatable bonds is 2. The average molecular weight is 268 g/mol. The maximum absolute atomic E-state index is 10.6. The molecule has 1 aromatic rings. The number of aromatic nitrogens is 1. The van der Waals surface area contributed by atoms with Gasteiger partial charge < -0.3 is 9.67 Å². The molecule has 0 spiro atoms. The Bertz CT molecular complexity index is 461. The highest BCUT2D eigenvalue weighted by molar-refractivity contribution is 7.09. The van der Waals surface area contributed by atoms with E-state index in [2.05, 4.69) is 27.0 Å². The molecule has 18 heavy (non-hydrogen) atoms. The number of aliphatic hydroxyl groups is 1. The molecule has 2 rings (SSSR count). The zero-order valence-electron chi connectivity index (χ0n) is 11.6. The van der Waals surface area contributed by atoms with Crippen LogP contribution in [0.5, 0.6) is 0 Å². The van der Waals surface area contributed by atoms with Gasteiger partial charge in [0.1, 0.15) is 0 Å². The SMILES string of the molecule is CC(C)(C)c1cn(CC2(O)CCCCC2)c(=N)s1. The molecule has 0 aliphatic heterocycles. The molecule has 1 fully saturated rings. The first-order valence-electron chi connectivity index (χ1n) is 6.78. The van der Waals surface area contributed by atoms with Gasteiger partial charge in [0.25, 0.3) is 0 Å². The van der Waals surface area contributed by atoms with E-state index in [1.165, 1.54) is 22.6 Å². The average Bonchev–Trinajstić information content (AvgIpc) is 2.60. The minimum absolute atomic E-state index is 0.0842. The topological polar surface area (TPSA) is 49.0 Å². The van der Waals surface area contributed by atoms with Crippen LogP contribution >= 0.6 is 11.3 Å². The third kappa shape index (κ3) is 3.04. The van der Waals surface area contributed by atoms with E-state index in [0.29, 0.717) is 11.3 Å². The van der Waals surface area contributed by atoms with Crippen molar-refractivity contribution in [3.05, 3.63) is 15.9 Å². The second-order valence-corrected chi connectivity index (χ2v) is 7.59. The standard InChI is InChI=1S/C14H24N2OS/c1-13(2,3)11-9-16(12(15)18-11)10-14(17)7-5-4-6-8-14/h9,15,17H,4-8,10H2,1-3H3. The number of nitrogens with one attached hydrogen (secondary N) is 1. The van der Waals surface area contributed by atoms with E-state index in [4.69, 9.17) is 5.41 Å². The van der Waals surface area contributed by atoms with Gasteiger partial charge in [-0.05, 0) is 18.3 Å². The fraction of sp³-hybridized carbons (Fsp3) is 0.786. The van der Waals surface area contributed by atoms with Gasteiger partial charge in [0.15, 0.2) is 4.80 Å². The van der Waals surface area contributed by atoms with Crippen LogP contribution < -0.4 is 4.80 Å². The maximum atomic E-state index is 10.6. The normalized spacial score (nSPS) is 20.0. The summed E-state index contributed by atoms with van der Waals surface area (Å²) in [6.45, 7) is 7.08. The van der Waals surface area contributed by atoms with Crippen molar-refractivity contribution in [1.29, 1.82) is 5.41 Å². The van der Waals surface area contributed by atoms with Crippen LogP contribution in [0, 0.1) is 5.41 Å². The van der Waals surface area contributed by atoms with Crippen LogP contribution in [0.15, 0.2) is 6.20 Å². The van der Waals surface area contributed by atoms with Crippen molar-refractivity contribution < 1.29 is 5.11 Å². The summed E-state index contributed by atoms with van der Waals surface area (Å²) < 4.78 is 1.93. The van der Waals surface area contributed by atoms with Crippen molar-refractivity contribution in [2.45, 2.75) is 70.4 Å². The third-order valence-electron chi connectivity index (χ3n) is 3.73. The van der Waals surface area contributed by atoms with Crippen LogP contribution in [0.1, 0.15) is 57.8 Å². The molecule has 0 saturated heterocycles. The quantitative estimate of drug-likeness (QED) is 0.851. The molecule has 0 radical (unpaired) electrons. The van der Waals surface area contributed by atoms with E-state index in [1.807, 2.05) is 4.57 Å². The van der Waals surface area contributed by atoms with Crippen LogP contribution in [0.2, 0.25) is 0 Å². The maximum Gasteiger partial charge on any atom is 0.182 e. The van der Waals surface area contributed by atoms with Gasteiger partial charge in [-0.3, -0.25) is 5.41 Å². The number of hydrogen-bond donors (Lipinski definition) is 2.